The van der Waals surface area contributed by atoms with Gasteiger partial charge in [-0.2, -0.15) is 0 Å². The zero-order valence-electron chi connectivity index (χ0n) is 9.44. The fraction of sp³-hybridized carbons (Fsp3) is 0.462. The first-order chi connectivity index (χ1) is 7.66. The molecular weight excluding hydrogens is 202 g/mol. The Morgan fingerprint density at radius 3 is 2.44 bits per heavy atom. The van der Waals surface area contributed by atoms with Gasteiger partial charge in [-0.15, -0.1) is 0 Å². The van der Waals surface area contributed by atoms with E-state index in [-0.39, 0.29) is 0 Å². The van der Waals surface area contributed by atoms with Crippen LogP contribution in [-0.4, -0.2) is 17.1 Å². The van der Waals surface area contributed by atoms with E-state index in [0.29, 0.717) is 11.6 Å². The van der Waals surface area contributed by atoms with E-state index in [2.05, 4.69) is 12.2 Å². The third kappa shape index (κ3) is 2.35. The van der Waals surface area contributed by atoms with Crippen LogP contribution in [0.4, 0.5) is 5.69 Å². The quantitative estimate of drug-likeness (QED) is 0.818. The molecule has 0 radical (unpaired) electrons. The second-order valence-corrected chi connectivity index (χ2v) is 4.51. The molecule has 2 N–H and O–H groups in total. The molecule has 1 aliphatic carbocycles. The van der Waals surface area contributed by atoms with Gasteiger partial charge in [0.25, 0.3) is 0 Å². The average Bonchev–Trinajstić information content (AvgIpc) is 2.15. The molecule has 0 bridgehead atoms. The van der Waals surface area contributed by atoms with Gasteiger partial charge in [-0.1, -0.05) is 6.42 Å². The molecule has 1 aromatic carbocycles. The summed E-state index contributed by atoms with van der Waals surface area (Å²) in [7, 11) is 0. The maximum Gasteiger partial charge on any atom is 0.335 e. The van der Waals surface area contributed by atoms with E-state index in [0.717, 1.165) is 11.6 Å². The fourth-order valence-corrected chi connectivity index (χ4v) is 2.03. The molecule has 0 aliphatic heterocycles. The summed E-state index contributed by atoms with van der Waals surface area (Å²) in [5.74, 6) is -0.0993. The fourth-order valence-electron chi connectivity index (χ4n) is 2.03. The number of anilines is 1. The van der Waals surface area contributed by atoms with Crippen LogP contribution in [0.3, 0.4) is 0 Å². The average molecular weight is 219 g/mol. The van der Waals surface area contributed by atoms with E-state index < -0.39 is 5.97 Å². The minimum Gasteiger partial charge on any atom is -0.478 e. The van der Waals surface area contributed by atoms with Crippen LogP contribution in [0, 0.1) is 5.92 Å². The Morgan fingerprint density at radius 1 is 1.38 bits per heavy atom. The molecule has 0 spiro atoms. The lowest BCUT2D eigenvalue weighted by molar-refractivity contribution is 0.0697. The van der Waals surface area contributed by atoms with Crippen LogP contribution in [0.2, 0.25) is 0 Å². The standard InChI is InChI=1S/C13H17NO2/c1-9(10-3-2-4-10)14-12-7-5-11(6-8-12)13(15)16/h5-10,14H,2-4H2,1H3,(H,15,16). The highest BCUT2D eigenvalue weighted by Gasteiger charge is 2.23. The lowest BCUT2D eigenvalue weighted by Gasteiger charge is -2.32. The molecule has 0 heterocycles. The number of hydrogen-bond acceptors (Lipinski definition) is 2. The summed E-state index contributed by atoms with van der Waals surface area (Å²) in [5, 5.41) is 12.2. The Morgan fingerprint density at radius 2 is 2.00 bits per heavy atom. The second-order valence-electron chi connectivity index (χ2n) is 4.51. The number of benzene rings is 1. The monoisotopic (exact) mass is 219 g/mol. The zero-order chi connectivity index (χ0) is 11.5. The molecule has 1 aliphatic rings. The largest absolute Gasteiger partial charge is 0.478 e. The summed E-state index contributed by atoms with van der Waals surface area (Å²) in [5.41, 5.74) is 1.34. The van der Waals surface area contributed by atoms with Crippen LogP contribution in [0.15, 0.2) is 24.3 Å². The van der Waals surface area contributed by atoms with Gasteiger partial charge < -0.3 is 10.4 Å². The molecular formula is C13H17NO2. The molecule has 2 rings (SSSR count). The summed E-state index contributed by atoms with van der Waals surface area (Å²) in [6, 6.07) is 7.41. The van der Waals surface area contributed by atoms with Gasteiger partial charge in [-0.3, -0.25) is 0 Å². The Labute approximate surface area is 95.5 Å². The van der Waals surface area contributed by atoms with Gasteiger partial charge in [0, 0.05) is 11.7 Å². The minimum atomic E-state index is -0.876. The molecule has 86 valence electrons. The molecule has 0 amide bonds. The second kappa shape index (κ2) is 4.56. The molecule has 1 unspecified atom stereocenters. The Bertz CT molecular complexity index is 368. The minimum absolute atomic E-state index is 0.335. The first kappa shape index (κ1) is 11.0. The SMILES string of the molecule is CC(Nc1ccc(C(=O)O)cc1)C1CCC1. The highest BCUT2D eigenvalue weighted by Crippen LogP contribution is 2.30. The van der Waals surface area contributed by atoms with Crippen molar-refractivity contribution in [1.82, 2.24) is 0 Å². The number of aromatic carboxylic acids is 1. The Kier molecular flexibility index (Phi) is 3.13. The van der Waals surface area contributed by atoms with Crippen molar-refractivity contribution in [3.63, 3.8) is 0 Å². The van der Waals surface area contributed by atoms with Crippen molar-refractivity contribution in [2.45, 2.75) is 32.2 Å². The maximum absolute atomic E-state index is 10.7. The molecule has 1 aromatic rings. The molecule has 1 fully saturated rings. The van der Waals surface area contributed by atoms with Crippen molar-refractivity contribution >= 4 is 11.7 Å². The lowest BCUT2D eigenvalue weighted by Crippen LogP contribution is -2.30. The normalized spacial score (nSPS) is 17.6. The Hall–Kier alpha value is -1.51. The summed E-state index contributed by atoms with van der Waals surface area (Å²) < 4.78 is 0. The number of rotatable bonds is 4. The van der Waals surface area contributed by atoms with Crippen LogP contribution in [0.5, 0.6) is 0 Å². The van der Waals surface area contributed by atoms with Gasteiger partial charge in [0.1, 0.15) is 0 Å². The number of carboxylic acids is 1. The van der Waals surface area contributed by atoms with Crippen LogP contribution in [0.25, 0.3) is 0 Å². The third-order valence-corrected chi connectivity index (χ3v) is 3.38. The van der Waals surface area contributed by atoms with Crippen LogP contribution in [-0.2, 0) is 0 Å². The smallest absolute Gasteiger partial charge is 0.335 e. The number of carboxylic acid groups (broad SMARTS) is 1. The molecule has 3 nitrogen and oxygen atoms in total. The van der Waals surface area contributed by atoms with Crippen molar-refractivity contribution in [1.29, 1.82) is 0 Å². The Balaban J connectivity index is 1.96. The van der Waals surface area contributed by atoms with Gasteiger partial charge in [0.05, 0.1) is 5.56 Å². The first-order valence-electron chi connectivity index (χ1n) is 5.76. The van der Waals surface area contributed by atoms with Crippen molar-refractivity contribution in [2.24, 2.45) is 5.92 Å². The lowest BCUT2D eigenvalue weighted by atomic mass is 9.80. The van der Waals surface area contributed by atoms with E-state index in [1.807, 2.05) is 12.1 Å². The van der Waals surface area contributed by atoms with Crippen LogP contribution >= 0.6 is 0 Å². The molecule has 1 saturated carbocycles. The number of nitrogens with one attached hydrogen (secondary N) is 1. The predicted molar refractivity (Wildman–Crippen MR) is 63.8 cm³/mol. The summed E-state index contributed by atoms with van der Waals surface area (Å²) in [6.45, 7) is 2.19. The van der Waals surface area contributed by atoms with Crippen molar-refractivity contribution in [3.8, 4) is 0 Å². The third-order valence-electron chi connectivity index (χ3n) is 3.38. The van der Waals surface area contributed by atoms with Gasteiger partial charge in [0.15, 0.2) is 0 Å². The summed E-state index contributed by atoms with van der Waals surface area (Å²) in [6.07, 6.45) is 3.96. The maximum atomic E-state index is 10.7. The van der Waals surface area contributed by atoms with E-state index in [1.54, 1.807) is 12.1 Å². The summed E-state index contributed by atoms with van der Waals surface area (Å²) in [4.78, 5) is 10.7. The highest BCUT2D eigenvalue weighted by atomic mass is 16.4. The van der Waals surface area contributed by atoms with Crippen LogP contribution < -0.4 is 5.32 Å². The van der Waals surface area contributed by atoms with Crippen LogP contribution in [0.1, 0.15) is 36.5 Å². The topological polar surface area (TPSA) is 49.3 Å². The van der Waals surface area contributed by atoms with Gasteiger partial charge in [-0.05, 0) is 49.9 Å². The molecule has 0 saturated heterocycles. The summed E-state index contributed by atoms with van der Waals surface area (Å²) >= 11 is 0. The first-order valence-corrected chi connectivity index (χ1v) is 5.76. The highest BCUT2D eigenvalue weighted by molar-refractivity contribution is 5.87. The van der Waals surface area contributed by atoms with Crippen molar-refractivity contribution in [2.75, 3.05) is 5.32 Å². The predicted octanol–water partition coefficient (Wildman–Crippen LogP) is 2.99. The van der Waals surface area contributed by atoms with Crippen molar-refractivity contribution in [3.05, 3.63) is 29.8 Å². The molecule has 16 heavy (non-hydrogen) atoms. The number of hydrogen-bond donors (Lipinski definition) is 2. The van der Waals surface area contributed by atoms with E-state index in [4.69, 9.17) is 5.11 Å². The van der Waals surface area contributed by atoms with Crippen molar-refractivity contribution < 1.29 is 9.90 Å². The van der Waals surface area contributed by atoms with E-state index in [1.165, 1.54) is 19.3 Å². The van der Waals surface area contributed by atoms with Gasteiger partial charge in [-0.25, -0.2) is 4.79 Å². The number of carbonyl (C=O) groups is 1. The van der Waals surface area contributed by atoms with Gasteiger partial charge in [0.2, 0.25) is 0 Å². The van der Waals surface area contributed by atoms with E-state index >= 15 is 0 Å². The van der Waals surface area contributed by atoms with Gasteiger partial charge >= 0.3 is 5.97 Å². The molecule has 1 atom stereocenters. The zero-order valence-corrected chi connectivity index (χ0v) is 9.44. The van der Waals surface area contributed by atoms with E-state index in [9.17, 15) is 4.79 Å². The molecule has 0 aromatic heterocycles. The molecule has 3 heteroatoms.